The Hall–Kier alpha value is -0.820. The highest BCUT2D eigenvalue weighted by molar-refractivity contribution is 5.27. The van der Waals surface area contributed by atoms with Crippen LogP contribution in [0, 0.1) is 24.7 Å². The Morgan fingerprint density at radius 1 is 1.21 bits per heavy atom. The molecule has 1 aromatic rings. The summed E-state index contributed by atoms with van der Waals surface area (Å²) in [6.07, 6.45) is 6.94. The van der Waals surface area contributed by atoms with Crippen LogP contribution < -0.4 is 5.32 Å². The molecule has 0 aliphatic heterocycles. The number of fused-ring (bicyclic) bond motifs is 1. The molecule has 1 N–H and O–H groups in total. The summed E-state index contributed by atoms with van der Waals surface area (Å²) in [6.45, 7) is 5.69. The lowest BCUT2D eigenvalue weighted by Crippen LogP contribution is -2.35. The van der Waals surface area contributed by atoms with Gasteiger partial charge in [0.05, 0.1) is 0 Å². The molecular formula is C18H27N. The number of rotatable bonds is 6. The van der Waals surface area contributed by atoms with Crippen molar-refractivity contribution >= 4 is 0 Å². The van der Waals surface area contributed by atoms with Gasteiger partial charge in [0.15, 0.2) is 0 Å². The van der Waals surface area contributed by atoms with Gasteiger partial charge in [-0.05, 0) is 68.0 Å². The Kier molecular flexibility index (Phi) is 3.93. The molecule has 1 heteroatoms. The molecule has 0 amide bonds. The van der Waals surface area contributed by atoms with Crippen molar-refractivity contribution in [3.05, 3.63) is 35.4 Å². The highest BCUT2D eigenvalue weighted by Gasteiger charge is 2.55. The van der Waals surface area contributed by atoms with E-state index in [4.69, 9.17) is 0 Å². The first kappa shape index (κ1) is 13.2. The Morgan fingerprint density at radius 2 is 1.95 bits per heavy atom. The number of aryl methyl sites for hydroxylation is 1. The van der Waals surface area contributed by atoms with Gasteiger partial charge in [-0.2, -0.15) is 0 Å². The normalized spacial score (nSPS) is 30.1. The van der Waals surface area contributed by atoms with Crippen molar-refractivity contribution in [2.24, 2.45) is 17.8 Å². The highest BCUT2D eigenvalue weighted by atomic mass is 14.9. The van der Waals surface area contributed by atoms with Gasteiger partial charge < -0.3 is 5.32 Å². The summed E-state index contributed by atoms with van der Waals surface area (Å²) in [5.74, 6) is 3.08. The van der Waals surface area contributed by atoms with E-state index in [2.05, 4.69) is 43.4 Å². The van der Waals surface area contributed by atoms with Crippen molar-refractivity contribution < 1.29 is 0 Å². The molecule has 2 fully saturated rings. The summed E-state index contributed by atoms with van der Waals surface area (Å²) < 4.78 is 0. The zero-order valence-corrected chi connectivity index (χ0v) is 12.4. The minimum atomic E-state index is 0.719. The molecule has 0 aromatic heterocycles. The molecule has 3 rings (SSSR count). The Labute approximate surface area is 117 Å². The first-order valence-electron chi connectivity index (χ1n) is 8.09. The third kappa shape index (κ3) is 2.72. The lowest BCUT2D eigenvalue weighted by Gasteiger charge is -2.21. The van der Waals surface area contributed by atoms with E-state index in [0.29, 0.717) is 0 Å². The summed E-state index contributed by atoms with van der Waals surface area (Å²) in [6, 6.07) is 9.62. The van der Waals surface area contributed by atoms with Crippen LogP contribution in [0.5, 0.6) is 0 Å². The molecule has 3 atom stereocenters. The third-order valence-electron chi connectivity index (χ3n) is 5.29. The first-order valence-corrected chi connectivity index (χ1v) is 8.09. The number of benzene rings is 1. The minimum absolute atomic E-state index is 0.719. The summed E-state index contributed by atoms with van der Waals surface area (Å²) in [4.78, 5) is 0. The molecule has 0 saturated heterocycles. The van der Waals surface area contributed by atoms with Crippen molar-refractivity contribution in [1.82, 2.24) is 5.32 Å². The van der Waals surface area contributed by atoms with E-state index in [1.165, 1.54) is 44.2 Å². The zero-order chi connectivity index (χ0) is 13.2. The van der Waals surface area contributed by atoms with Gasteiger partial charge in [0.2, 0.25) is 0 Å². The van der Waals surface area contributed by atoms with E-state index in [-0.39, 0.29) is 0 Å². The second-order valence-corrected chi connectivity index (χ2v) is 6.53. The van der Waals surface area contributed by atoms with E-state index in [1.54, 1.807) is 5.56 Å². The largest absolute Gasteiger partial charge is 0.313 e. The lowest BCUT2D eigenvalue weighted by atomic mass is 9.95. The Morgan fingerprint density at radius 3 is 2.63 bits per heavy atom. The molecule has 0 radical (unpaired) electrons. The van der Waals surface area contributed by atoms with Crippen molar-refractivity contribution in [1.29, 1.82) is 0 Å². The molecule has 2 aliphatic rings. The van der Waals surface area contributed by atoms with Crippen LogP contribution in [0.3, 0.4) is 0 Å². The van der Waals surface area contributed by atoms with E-state index >= 15 is 0 Å². The molecule has 2 aliphatic carbocycles. The summed E-state index contributed by atoms with van der Waals surface area (Å²) in [5.41, 5.74) is 3.00. The minimum Gasteiger partial charge on any atom is -0.313 e. The molecular weight excluding hydrogens is 230 g/mol. The fraction of sp³-hybridized carbons (Fsp3) is 0.667. The number of nitrogens with one attached hydrogen (secondary N) is 1. The maximum Gasteiger partial charge on any atom is 0.0141 e. The average molecular weight is 257 g/mol. The second kappa shape index (κ2) is 5.66. The first-order chi connectivity index (χ1) is 9.31. The van der Waals surface area contributed by atoms with Crippen LogP contribution in [0.25, 0.3) is 0 Å². The van der Waals surface area contributed by atoms with E-state index < -0.39 is 0 Å². The summed E-state index contributed by atoms with van der Waals surface area (Å²) >= 11 is 0. The second-order valence-electron chi connectivity index (χ2n) is 6.53. The molecule has 0 spiro atoms. The van der Waals surface area contributed by atoms with Gasteiger partial charge >= 0.3 is 0 Å². The highest BCUT2D eigenvalue weighted by Crippen LogP contribution is 2.59. The van der Waals surface area contributed by atoms with Gasteiger partial charge in [-0.1, -0.05) is 37.6 Å². The average Bonchev–Trinajstić information content (AvgIpc) is 2.89. The van der Waals surface area contributed by atoms with Crippen LogP contribution in [-0.2, 0) is 6.42 Å². The van der Waals surface area contributed by atoms with Crippen molar-refractivity contribution in [3.63, 3.8) is 0 Å². The molecule has 2 saturated carbocycles. The fourth-order valence-electron chi connectivity index (χ4n) is 4.22. The Balaban J connectivity index is 1.68. The molecule has 1 nitrogen and oxygen atoms in total. The summed E-state index contributed by atoms with van der Waals surface area (Å²) in [5, 5.41) is 3.84. The van der Waals surface area contributed by atoms with Crippen LogP contribution >= 0.6 is 0 Å². The van der Waals surface area contributed by atoms with Crippen LogP contribution in [-0.4, -0.2) is 12.6 Å². The Bertz CT molecular complexity index is 415. The van der Waals surface area contributed by atoms with Gasteiger partial charge in [-0.3, -0.25) is 0 Å². The van der Waals surface area contributed by atoms with Crippen molar-refractivity contribution in [2.45, 2.75) is 52.0 Å². The number of hydrogen-bond acceptors (Lipinski definition) is 1. The zero-order valence-electron chi connectivity index (χ0n) is 12.4. The van der Waals surface area contributed by atoms with Crippen molar-refractivity contribution in [3.8, 4) is 0 Å². The standard InChI is InChI=1S/C18H27N/c1-3-11-19-17(18-15-9-6-10-16(15)18)12-14-8-5-4-7-13(14)2/h4-5,7-8,15-19H,3,6,9-12H2,1-2H3. The molecule has 0 bridgehead atoms. The van der Waals surface area contributed by atoms with Gasteiger partial charge in [0, 0.05) is 6.04 Å². The fourth-order valence-corrected chi connectivity index (χ4v) is 4.22. The predicted molar refractivity (Wildman–Crippen MR) is 81.3 cm³/mol. The predicted octanol–water partition coefficient (Wildman–Crippen LogP) is 3.95. The van der Waals surface area contributed by atoms with Crippen LogP contribution in [0.2, 0.25) is 0 Å². The summed E-state index contributed by atoms with van der Waals surface area (Å²) in [7, 11) is 0. The van der Waals surface area contributed by atoms with E-state index in [0.717, 1.165) is 23.8 Å². The number of hydrogen-bond donors (Lipinski definition) is 1. The van der Waals surface area contributed by atoms with Gasteiger partial charge in [-0.25, -0.2) is 0 Å². The van der Waals surface area contributed by atoms with Gasteiger partial charge in [0.1, 0.15) is 0 Å². The molecule has 0 heterocycles. The van der Waals surface area contributed by atoms with Crippen LogP contribution in [0.15, 0.2) is 24.3 Å². The topological polar surface area (TPSA) is 12.0 Å². The maximum atomic E-state index is 3.84. The quantitative estimate of drug-likeness (QED) is 0.813. The SMILES string of the molecule is CCCNC(Cc1ccccc1C)C1C2CCCC21. The molecule has 104 valence electrons. The van der Waals surface area contributed by atoms with Gasteiger partial charge in [0.25, 0.3) is 0 Å². The van der Waals surface area contributed by atoms with E-state index in [1.807, 2.05) is 0 Å². The van der Waals surface area contributed by atoms with Crippen LogP contribution in [0.1, 0.15) is 43.7 Å². The molecule has 19 heavy (non-hydrogen) atoms. The monoisotopic (exact) mass is 257 g/mol. The maximum absolute atomic E-state index is 3.84. The van der Waals surface area contributed by atoms with E-state index in [9.17, 15) is 0 Å². The third-order valence-corrected chi connectivity index (χ3v) is 5.29. The van der Waals surface area contributed by atoms with Crippen LogP contribution in [0.4, 0.5) is 0 Å². The molecule has 1 aromatic carbocycles. The lowest BCUT2D eigenvalue weighted by molar-refractivity contribution is 0.403. The van der Waals surface area contributed by atoms with Crippen molar-refractivity contribution in [2.75, 3.05) is 6.54 Å². The molecule has 3 unspecified atom stereocenters. The smallest absolute Gasteiger partial charge is 0.0141 e. The van der Waals surface area contributed by atoms with Gasteiger partial charge in [-0.15, -0.1) is 0 Å².